The predicted octanol–water partition coefficient (Wildman–Crippen LogP) is 1.41. The fourth-order valence-electron chi connectivity index (χ4n) is 2.04. The minimum Gasteiger partial charge on any atom is -0.481 e. The van der Waals surface area contributed by atoms with Crippen molar-refractivity contribution >= 4 is 11.7 Å². The summed E-state index contributed by atoms with van der Waals surface area (Å²) in [6.45, 7) is 2.09. The van der Waals surface area contributed by atoms with Crippen molar-refractivity contribution in [1.82, 2.24) is 4.57 Å². The molecule has 0 atom stereocenters. The monoisotopic (exact) mass is 272 g/mol. The molecular weight excluding hydrogens is 256 g/mol. The number of nitrogen functional groups attached to an aromatic ring is 1. The molecule has 5 heteroatoms. The van der Waals surface area contributed by atoms with Crippen molar-refractivity contribution in [1.29, 1.82) is 0 Å². The van der Waals surface area contributed by atoms with E-state index in [1.807, 2.05) is 12.1 Å². The van der Waals surface area contributed by atoms with E-state index in [2.05, 4.69) is 0 Å². The quantitative estimate of drug-likeness (QED) is 0.881. The Hall–Kier alpha value is -2.56. The maximum absolute atomic E-state index is 11.9. The molecule has 0 saturated heterocycles. The number of carbonyl (C=O) groups is 1. The van der Waals surface area contributed by atoms with E-state index in [0.717, 1.165) is 11.1 Å². The number of rotatable bonds is 4. The minimum absolute atomic E-state index is 0.0632. The first kappa shape index (κ1) is 13.9. The summed E-state index contributed by atoms with van der Waals surface area (Å²) in [5.74, 6) is -0.895. The van der Waals surface area contributed by atoms with E-state index in [1.54, 1.807) is 25.3 Å². The number of nitrogens with two attached hydrogens (primary N) is 1. The average molecular weight is 272 g/mol. The SMILES string of the molecule is Cc1cc(=O)n(Cc2ccccc2CC(=O)O)cc1N. The van der Waals surface area contributed by atoms with Crippen molar-refractivity contribution in [3.05, 3.63) is 63.6 Å². The van der Waals surface area contributed by atoms with Crippen LogP contribution in [-0.4, -0.2) is 15.6 Å². The summed E-state index contributed by atoms with van der Waals surface area (Å²) < 4.78 is 1.49. The van der Waals surface area contributed by atoms with E-state index in [-0.39, 0.29) is 12.0 Å². The van der Waals surface area contributed by atoms with Crippen LogP contribution in [0.2, 0.25) is 0 Å². The van der Waals surface area contributed by atoms with Crippen molar-refractivity contribution in [2.75, 3.05) is 5.73 Å². The molecule has 0 saturated carbocycles. The first-order valence-corrected chi connectivity index (χ1v) is 6.22. The Labute approximate surface area is 116 Å². The van der Waals surface area contributed by atoms with Gasteiger partial charge in [-0.3, -0.25) is 9.59 Å². The van der Waals surface area contributed by atoms with E-state index in [9.17, 15) is 9.59 Å². The summed E-state index contributed by atoms with van der Waals surface area (Å²) in [5.41, 5.74) is 8.45. The van der Waals surface area contributed by atoms with Crippen LogP contribution in [0.15, 0.2) is 41.3 Å². The van der Waals surface area contributed by atoms with Gasteiger partial charge in [-0.05, 0) is 23.6 Å². The van der Waals surface area contributed by atoms with Crippen molar-refractivity contribution < 1.29 is 9.90 Å². The summed E-state index contributed by atoms with van der Waals surface area (Å²) in [6, 6.07) is 8.67. The summed E-state index contributed by atoms with van der Waals surface area (Å²) in [7, 11) is 0. The zero-order valence-corrected chi connectivity index (χ0v) is 11.2. The van der Waals surface area contributed by atoms with Gasteiger partial charge in [-0.2, -0.15) is 0 Å². The number of aryl methyl sites for hydroxylation is 1. The minimum atomic E-state index is -0.895. The van der Waals surface area contributed by atoms with Crippen LogP contribution in [0.4, 0.5) is 5.69 Å². The smallest absolute Gasteiger partial charge is 0.307 e. The number of carboxylic acids is 1. The van der Waals surface area contributed by atoms with E-state index < -0.39 is 5.97 Å². The Morgan fingerprint density at radius 1 is 1.30 bits per heavy atom. The average Bonchev–Trinajstić information content (AvgIpc) is 2.37. The van der Waals surface area contributed by atoms with E-state index in [0.29, 0.717) is 17.8 Å². The van der Waals surface area contributed by atoms with Crippen LogP contribution in [-0.2, 0) is 17.8 Å². The first-order chi connectivity index (χ1) is 9.47. The van der Waals surface area contributed by atoms with Gasteiger partial charge < -0.3 is 15.4 Å². The van der Waals surface area contributed by atoms with Crippen molar-refractivity contribution in [2.24, 2.45) is 0 Å². The predicted molar refractivity (Wildman–Crippen MR) is 76.7 cm³/mol. The van der Waals surface area contributed by atoms with Crippen LogP contribution in [0.5, 0.6) is 0 Å². The molecule has 2 rings (SSSR count). The Kier molecular flexibility index (Phi) is 3.89. The zero-order valence-electron chi connectivity index (χ0n) is 11.2. The molecule has 0 unspecified atom stereocenters. The number of carboxylic acid groups (broad SMARTS) is 1. The van der Waals surface area contributed by atoms with Crippen LogP contribution in [0.1, 0.15) is 16.7 Å². The highest BCUT2D eigenvalue weighted by Crippen LogP contribution is 2.12. The summed E-state index contributed by atoms with van der Waals surface area (Å²) >= 11 is 0. The summed E-state index contributed by atoms with van der Waals surface area (Å²) in [4.78, 5) is 22.8. The van der Waals surface area contributed by atoms with Crippen LogP contribution in [0.25, 0.3) is 0 Å². The van der Waals surface area contributed by atoms with Gasteiger partial charge in [0.1, 0.15) is 0 Å². The molecule has 0 aliphatic heterocycles. The van der Waals surface area contributed by atoms with Crippen molar-refractivity contribution in [3.63, 3.8) is 0 Å². The second-order valence-electron chi connectivity index (χ2n) is 4.72. The number of aromatic nitrogens is 1. The number of aliphatic carboxylic acids is 1. The third-order valence-electron chi connectivity index (χ3n) is 3.17. The molecule has 0 spiro atoms. The largest absolute Gasteiger partial charge is 0.481 e. The Morgan fingerprint density at radius 3 is 2.60 bits per heavy atom. The lowest BCUT2D eigenvalue weighted by Gasteiger charge is -2.11. The second-order valence-corrected chi connectivity index (χ2v) is 4.72. The summed E-state index contributed by atoms with van der Waals surface area (Å²) in [5, 5.41) is 8.90. The molecule has 104 valence electrons. The maximum atomic E-state index is 11.9. The Morgan fingerprint density at radius 2 is 1.95 bits per heavy atom. The number of nitrogens with zero attached hydrogens (tertiary/aromatic N) is 1. The molecule has 0 fully saturated rings. The van der Waals surface area contributed by atoms with Crippen LogP contribution in [0.3, 0.4) is 0 Å². The molecule has 0 radical (unpaired) electrons. The van der Waals surface area contributed by atoms with Gasteiger partial charge in [-0.1, -0.05) is 24.3 Å². The van der Waals surface area contributed by atoms with Crippen molar-refractivity contribution in [2.45, 2.75) is 19.9 Å². The highest BCUT2D eigenvalue weighted by atomic mass is 16.4. The number of hydrogen-bond acceptors (Lipinski definition) is 3. The van der Waals surface area contributed by atoms with E-state index in [1.165, 1.54) is 10.6 Å². The zero-order chi connectivity index (χ0) is 14.7. The Bertz CT molecular complexity index is 705. The fraction of sp³-hybridized carbons (Fsp3) is 0.200. The third-order valence-corrected chi connectivity index (χ3v) is 3.17. The normalized spacial score (nSPS) is 10.4. The molecule has 0 amide bonds. The standard InChI is InChI=1S/C15H16N2O3/c1-10-6-14(18)17(9-13(10)16)8-12-5-3-2-4-11(12)7-15(19)20/h2-6,9H,7-8,16H2,1H3,(H,19,20). The lowest BCUT2D eigenvalue weighted by atomic mass is 10.0. The summed E-state index contributed by atoms with van der Waals surface area (Å²) in [6.07, 6.45) is 1.53. The Balaban J connectivity index is 2.38. The number of pyridine rings is 1. The fourth-order valence-corrected chi connectivity index (χ4v) is 2.04. The molecule has 3 N–H and O–H groups in total. The number of hydrogen-bond donors (Lipinski definition) is 2. The highest BCUT2D eigenvalue weighted by molar-refractivity contribution is 5.70. The number of benzene rings is 1. The van der Waals surface area contributed by atoms with Gasteiger partial charge in [0.2, 0.25) is 0 Å². The van der Waals surface area contributed by atoms with Gasteiger partial charge in [-0.15, -0.1) is 0 Å². The molecule has 0 bridgehead atoms. The molecule has 20 heavy (non-hydrogen) atoms. The van der Waals surface area contributed by atoms with Crippen LogP contribution in [0, 0.1) is 6.92 Å². The lowest BCUT2D eigenvalue weighted by Crippen LogP contribution is -2.21. The molecular formula is C15H16N2O3. The van der Waals surface area contributed by atoms with Crippen molar-refractivity contribution in [3.8, 4) is 0 Å². The molecule has 1 aromatic carbocycles. The topological polar surface area (TPSA) is 85.3 Å². The first-order valence-electron chi connectivity index (χ1n) is 6.22. The highest BCUT2D eigenvalue weighted by Gasteiger charge is 2.08. The lowest BCUT2D eigenvalue weighted by molar-refractivity contribution is -0.136. The molecule has 2 aromatic rings. The van der Waals surface area contributed by atoms with Gasteiger partial charge >= 0.3 is 5.97 Å². The molecule has 0 aliphatic carbocycles. The third kappa shape index (κ3) is 3.06. The molecule has 0 aliphatic rings. The van der Waals surface area contributed by atoms with E-state index in [4.69, 9.17) is 10.8 Å². The maximum Gasteiger partial charge on any atom is 0.307 e. The van der Waals surface area contributed by atoms with Gasteiger partial charge in [0.05, 0.1) is 18.7 Å². The second kappa shape index (κ2) is 5.61. The van der Waals surface area contributed by atoms with Gasteiger partial charge in [0, 0.05) is 12.3 Å². The van der Waals surface area contributed by atoms with Gasteiger partial charge in [0.25, 0.3) is 5.56 Å². The molecule has 1 heterocycles. The van der Waals surface area contributed by atoms with Crippen LogP contribution >= 0.6 is 0 Å². The van der Waals surface area contributed by atoms with Gasteiger partial charge in [0.15, 0.2) is 0 Å². The molecule has 5 nitrogen and oxygen atoms in total. The van der Waals surface area contributed by atoms with E-state index >= 15 is 0 Å². The van der Waals surface area contributed by atoms with Crippen LogP contribution < -0.4 is 11.3 Å². The number of anilines is 1. The van der Waals surface area contributed by atoms with Gasteiger partial charge in [-0.25, -0.2) is 0 Å². The molecule has 1 aromatic heterocycles.